The molecule has 9 aliphatic rings. The van der Waals surface area contributed by atoms with Gasteiger partial charge in [0.1, 0.15) is 0 Å². The van der Waals surface area contributed by atoms with Gasteiger partial charge in [-0.25, -0.2) is 19.6 Å². The normalized spacial score (nSPS) is 20.4. The maximum absolute atomic E-state index is 13.7. The van der Waals surface area contributed by atoms with E-state index in [2.05, 4.69) is 238 Å². The minimum absolute atomic E-state index is 0.0197. The first-order chi connectivity index (χ1) is 55.7. The van der Waals surface area contributed by atoms with Gasteiger partial charge in [0.15, 0.2) is 0 Å². The van der Waals surface area contributed by atoms with Crippen LogP contribution in [0.3, 0.4) is 0 Å². The van der Waals surface area contributed by atoms with Crippen molar-refractivity contribution in [2.24, 2.45) is 47.3 Å². The Bertz CT molecular complexity index is 4500. The molecule has 594 valence electrons. The molecule has 16 rings (SSSR count). The molecule has 8 amide bonds. The lowest BCUT2D eigenvalue weighted by Crippen LogP contribution is -2.34. The Morgan fingerprint density at radius 3 is 0.670 bits per heavy atom. The molecule has 0 aromatic heterocycles. The lowest BCUT2D eigenvalue weighted by molar-refractivity contribution is -0.124. The summed E-state index contributed by atoms with van der Waals surface area (Å²) in [7, 11) is 0. The van der Waals surface area contributed by atoms with Crippen LogP contribution in [0.25, 0.3) is 18.2 Å². The molecule has 2 saturated heterocycles. The van der Waals surface area contributed by atoms with Gasteiger partial charge in [0.2, 0.25) is 23.6 Å². The summed E-state index contributed by atoms with van der Waals surface area (Å²) >= 11 is 0. The number of benzene rings is 7. The smallest absolute Gasteiger partial charge is 0.258 e. The largest absolute Gasteiger partial charge is 0.274 e. The van der Waals surface area contributed by atoms with Gasteiger partial charge in [-0.15, -0.1) is 0 Å². The van der Waals surface area contributed by atoms with Crippen molar-refractivity contribution >= 4 is 88.2 Å². The molecule has 0 radical (unpaired) electrons. The fourth-order valence-corrected chi connectivity index (χ4v) is 18.1. The number of allylic oxidation sites excluding steroid dienone is 8. The van der Waals surface area contributed by atoms with Gasteiger partial charge < -0.3 is 0 Å². The predicted octanol–water partition coefficient (Wildman–Crippen LogP) is 20.7. The van der Waals surface area contributed by atoms with Crippen molar-refractivity contribution in [1.82, 2.24) is 0 Å². The number of amides is 8. The van der Waals surface area contributed by atoms with Crippen LogP contribution in [0, 0.1) is 47.3 Å². The van der Waals surface area contributed by atoms with Crippen LogP contribution >= 0.6 is 0 Å². The van der Waals surface area contributed by atoms with E-state index in [1.54, 1.807) is 9.80 Å². The second-order valence-corrected chi connectivity index (χ2v) is 30.9. The first-order valence-electron chi connectivity index (χ1n) is 42.0. The highest BCUT2D eigenvalue weighted by atomic mass is 16.2. The van der Waals surface area contributed by atoms with Gasteiger partial charge in [-0.1, -0.05) is 284 Å². The van der Waals surface area contributed by atoms with Crippen molar-refractivity contribution in [2.75, 3.05) is 19.6 Å². The minimum Gasteiger partial charge on any atom is -0.274 e. The zero-order chi connectivity index (χ0) is 82.3. The van der Waals surface area contributed by atoms with E-state index in [0.29, 0.717) is 49.9 Å². The maximum atomic E-state index is 13.7. The van der Waals surface area contributed by atoms with Crippen molar-refractivity contribution in [3.63, 3.8) is 0 Å². The highest BCUT2D eigenvalue weighted by molar-refractivity contribution is 6.30. The van der Waals surface area contributed by atoms with Gasteiger partial charge in [-0.3, -0.25) is 38.4 Å². The first kappa shape index (κ1) is 84.7. The van der Waals surface area contributed by atoms with E-state index in [0.717, 1.165) is 142 Å². The van der Waals surface area contributed by atoms with E-state index in [-0.39, 0.29) is 94.6 Å². The highest BCUT2D eigenvalue weighted by Crippen LogP contribution is 2.56. The fraction of sp³-hybridized carbons (Fsp3) is 0.340. The van der Waals surface area contributed by atoms with Crippen molar-refractivity contribution in [1.29, 1.82) is 0 Å². The molecule has 12 heteroatoms. The molecule has 115 heavy (non-hydrogen) atoms. The van der Waals surface area contributed by atoms with Crippen LogP contribution in [0.15, 0.2) is 214 Å². The monoisotopic (exact) mass is 1530 g/mol. The molecule has 7 aromatic carbocycles. The number of rotatable bonds is 22. The van der Waals surface area contributed by atoms with Crippen molar-refractivity contribution in [2.45, 2.75) is 179 Å². The molecule has 4 aliphatic heterocycles. The van der Waals surface area contributed by atoms with E-state index in [4.69, 9.17) is 0 Å². The molecule has 4 heterocycles. The molecular formula is C103H114N4O8. The van der Waals surface area contributed by atoms with Gasteiger partial charge in [0, 0.05) is 24.3 Å². The van der Waals surface area contributed by atoms with E-state index in [1.165, 1.54) is 67.5 Å². The molecular weight excluding hydrogens is 1420 g/mol. The van der Waals surface area contributed by atoms with Gasteiger partial charge in [-0.2, -0.15) is 0 Å². The average Bonchev–Trinajstić information content (AvgIpc) is 1.57. The summed E-state index contributed by atoms with van der Waals surface area (Å²) in [4.78, 5) is 110. The fourth-order valence-electron chi connectivity index (χ4n) is 18.1. The Hall–Kier alpha value is -11.2. The third-order valence-corrected chi connectivity index (χ3v) is 24.2. The third-order valence-electron chi connectivity index (χ3n) is 24.2. The summed E-state index contributed by atoms with van der Waals surface area (Å²) in [6, 6.07) is 42.4. The molecule has 8 atom stereocenters. The Balaban J connectivity index is 0.000000161. The van der Waals surface area contributed by atoms with Crippen LogP contribution in [0.5, 0.6) is 0 Å². The zero-order valence-electron chi connectivity index (χ0n) is 69.3. The van der Waals surface area contributed by atoms with Crippen molar-refractivity contribution in [3.8, 4) is 0 Å². The summed E-state index contributed by atoms with van der Waals surface area (Å²) < 4.78 is 0. The van der Waals surface area contributed by atoms with Crippen LogP contribution in [-0.2, 0) is 122 Å². The second-order valence-electron chi connectivity index (χ2n) is 30.9. The van der Waals surface area contributed by atoms with Gasteiger partial charge in [0.05, 0.1) is 46.4 Å². The summed E-state index contributed by atoms with van der Waals surface area (Å²) in [5, 5.41) is 0. The number of carbonyl (C=O) groups is 8. The summed E-state index contributed by atoms with van der Waals surface area (Å²) in [5.41, 5.74) is 23.3. The number of carbonyl (C=O) groups excluding carboxylic acids is 8. The minimum atomic E-state index is -0.302. The van der Waals surface area contributed by atoms with E-state index in [1.807, 2.05) is 45.9 Å². The standard InChI is InChI=1S/C39H42N2O4.C29H30N2O4.3C10H12.C5H6/c1-5-22-14-20(15-23(6-2)34(22)40-36(42)30-26-9-10-27(18-26)31(30)37(40)43)13-21-16-24(7-3)35(25(8-4)17-21)41-38(44)32-28-11-12-29(19-28)33(32)39(41)45;1-5-20-14-18(15-21(6-2)28(20)30-24(32)9-10-25(30)33)13-19-16-22(7-3)29(23(8-4)17-19)31-26(34)11-12-27(31)35;3*1-3-9-5-7-10(4-2)8-6-9;1-2-4-5-3-1/h9-12,14-17,26-33H,5-8,13,18-19H2,1-4H3;9-12,14-17H,5-8,13H2,1-4H3;3*3,5-8H,1,4H2,2H3;1-4H,5H2. The quantitative estimate of drug-likeness (QED) is 0.0481. The molecule has 0 spiro atoms. The van der Waals surface area contributed by atoms with Crippen LogP contribution in [-0.4, -0.2) is 47.3 Å². The van der Waals surface area contributed by atoms with E-state index < -0.39 is 0 Å². The number of anilines is 4. The molecule has 7 aromatic rings. The Morgan fingerprint density at radius 2 is 0.496 bits per heavy atom. The number of hydrogen-bond donors (Lipinski definition) is 0. The maximum Gasteiger partial charge on any atom is 0.258 e. The number of nitrogens with zero attached hydrogens (tertiary/aromatic N) is 4. The topological polar surface area (TPSA) is 150 Å². The third kappa shape index (κ3) is 18.1. The second kappa shape index (κ2) is 38.7. The van der Waals surface area contributed by atoms with Crippen LogP contribution in [0.2, 0.25) is 0 Å². The Labute approximate surface area is 682 Å². The Kier molecular flexibility index (Phi) is 28.5. The lowest BCUT2D eigenvalue weighted by Gasteiger charge is -2.25. The molecule has 2 saturated carbocycles. The Morgan fingerprint density at radius 1 is 0.287 bits per heavy atom. The van der Waals surface area contributed by atoms with E-state index >= 15 is 0 Å². The SMILES string of the molecule is C1=CCC=C1.C=Cc1ccc(CC)cc1.C=Cc1ccc(CC)cc1.C=Cc1ccc(CC)cc1.CCc1cc(Cc2cc(CC)c(N3C(=O)C4C5C=CC(C5)C4C3=O)c(CC)c2)cc(CC)c1N1C(=O)C2C3C=CC(C3)C2C1=O.CCc1cc(Cc2cc(CC)c(N3C(=O)C=CC3=O)c(CC)c2)cc(CC)c1N1C(=O)C=CC1=O. The zero-order valence-corrected chi connectivity index (χ0v) is 69.3. The molecule has 5 aliphatic carbocycles. The van der Waals surface area contributed by atoms with Crippen molar-refractivity contribution < 1.29 is 38.4 Å². The van der Waals surface area contributed by atoms with E-state index in [9.17, 15) is 38.4 Å². The predicted molar refractivity (Wildman–Crippen MR) is 471 cm³/mol. The molecule has 0 N–H and O–H groups in total. The van der Waals surface area contributed by atoms with Crippen LogP contribution in [0.1, 0.15) is 196 Å². The van der Waals surface area contributed by atoms with Gasteiger partial charge in [-0.05, 0) is 227 Å². The summed E-state index contributed by atoms with van der Waals surface area (Å²) in [6.07, 6.45) is 41.2. The number of hydrogen-bond acceptors (Lipinski definition) is 8. The molecule has 4 bridgehead atoms. The molecule has 12 nitrogen and oxygen atoms in total. The number of fused-ring (bicyclic) bond motifs is 10. The van der Waals surface area contributed by atoms with Crippen LogP contribution in [0.4, 0.5) is 22.7 Å². The number of aryl methyl sites for hydroxylation is 11. The lowest BCUT2D eigenvalue weighted by atomic mass is 9.85. The molecule has 8 unspecified atom stereocenters. The summed E-state index contributed by atoms with van der Waals surface area (Å²) in [6.45, 7) is 34.0. The average molecular weight is 1540 g/mol. The number of imide groups is 4. The van der Waals surface area contributed by atoms with Gasteiger partial charge in [0.25, 0.3) is 23.6 Å². The van der Waals surface area contributed by atoms with Crippen LogP contribution < -0.4 is 19.6 Å². The molecule has 4 fully saturated rings. The first-order valence-corrected chi connectivity index (χ1v) is 42.0. The van der Waals surface area contributed by atoms with Crippen molar-refractivity contribution in [3.05, 3.63) is 314 Å². The summed E-state index contributed by atoms with van der Waals surface area (Å²) in [5.74, 6) is -1.35. The highest BCUT2D eigenvalue weighted by Gasteiger charge is 2.61. The van der Waals surface area contributed by atoms with Gasteiger partial charge >= 0.3 is 0 Å².